The van der Waals surface area contributed by atoms with Crippen LogP contribution in [0.3, 0.4) is 0 Å². The standard InChI is InChI=1S/C26H22BrNO4/c1-3-30-24-15-18(11-12-23(24)31-16-19-8-6-7-17(2)13-19)14-22-26(29)32-25(28-22)20-9-4-5-10-21(20)27/h4-15H,3,16H2,1-2H3/b22-14-. The van der Waals surface area contributed by atoms with Gasteiger partial charge in [-0.05, 0) is 71.2 Å². The number of rotatable bonds is 7. The maximum Gasteiger partial charge on any atom is 0.363 e. The van der Waals surface area contributed by atoms with Gasteiger partial charge in [0.25, 0.3) is 0 Å². The Labute approximate surface area is 195 Å². The van der Waals surface area contributed by atoms with Gasteiger partial charge < -0.3 is 14.2 Å². The monoisotopic (exact) mass is 491 g/mol. The summed E-state index contributed by atoms with van der Waals surface area (Å²) in [4.78, 5) is 16.7. The first kappa shape index (κ1) is 21.8. The molecule has 0 bridgehead atoms. The van der Waals surface area contributed by atoms with E-state index in [-0.39, 0.29) is 11.6 Å². The minimum absolute atomic E-state index is 0.228. The highest BCUT2D eigenvalue weighted by atomic mass is 79.9. The van der Waals surface area contributed by atoms with Crippen molar-refractivity contribution >= 4 is 33.9 Å². The van der Waals surface area contributed by atoms with E-state index in [2.05, 4.69) is 40.0 Å². The molecule has 32 heavy (non-hydrogen) atoms. The molecule has 0 N–H and O–H groups in total. The van der Waals surface area contributed by atoms with Crippen molar-refractivity contribution in [1.82, 2.24) is 0 Å². The summed E-state index contributed by atoms with van der Waals surface area (Å²) in [7, 11) is 0. The van der Waals surface area contributed by atoms with Gasteiger partial charge in [-0.25, -0.2) is 9.79 Å². The summed E-state index contributed by atoms with van der Waals surface area (Å²) in [5, 5.41) is 0. The van der Waals surface area contributed by atoms with E-state index in [0.717, 1.165) is 21.2 Å². The minimum atomic E-state index is -0.492. The highest BCUT2D eigenvalue weighted by molar-refractivity contribution is 9.10. The summed E-state index contributed by atoms with van der Waals surface area (Å²) in [6.45, 7) is 4.90. The molecule has 5 nitrogen and oxygen atoms in total. The lowest BCUT2D eigenvalue weighted by molar-refractivity contribution is -0.129. The third-order valence-corrected chi connectivity index (χ3v) is 5.46. The summed E-state index contributed by atoms with van der Waals surface area (Å²) in [5.74, 6) is 1.03. The third-order valence-electron chi connectivity index (χ3n) is 4.77. The van der Waals surface area contributed by atoms with Gasteiger partial charge in [0, 0.05) is 4.47 Å². The summed E-state index contributed by atoms with van der Waals surface area (Å²) >= 11 is 3.46. The van der Waals surface area contributed by atoms with Gasteiger partial charge in [0.15, 0.2) is 17.2 Å². The van der Waals surface area contributed by atoms with E-state index in [4.69, 9.17) is 14.2 Å². The maximum absolute atomic E-state index is 12.4. The number of aliphatic imine (C=N–C) groups is 1. The molecule has 0 saturated heterocycles. The summed E-state index contributed by atoms with van der Waals surface area (Å²) in [5.41, 5.74) is 3.98. The predicted molar refractivity (Wildman–Crippen MR) is 128 cm³/mol. The number of cyclic esters (lactones) is 1. The molecule has 0 aliphatic carbocycles. The van der Waals surface area contributed by atoms with Crippen molar-refractivity contribution in [2.45, 2.75) is 20.5 Å². The number of ether oxygens (including phenoxy) is 3. The molecule has 3 aromatic carbocycles. The van der Waals surface area contributed by atoms with Crippen LogP contribution in [0, 0.1) is 6.92 Å². The van der Waals surface area contributed by atoms with Crippen molar-refractivity contribution in [1.29, 1.82) is 0 Å². The van der Waals surface area contributed by atoms with Crippen LogP contribution >= 0.6 is 15.9 Å². The number of nitrogens with zero attached hydrogens (tertiary/aromatic N) is 1. The number of hydrogen-bond acceptors (Lipinski definition) is 5. The molecule has 1 aliphatic rings. The van der Waals surface area contributed by atoms with Crippen molar-refractivity contribution in [2.75, 3.05) is 6.61 Å². The SMILES string of the molecule is CCOc1cc(/C=C2\N=C(c3ccccc3Br)OC2=O)ccc1OCc1cccc(C)c1. The molecular weight excluding hydrogens is 470 g/mol. The lowest BCUT2D eigenvalue weighted by Gasteiger charge is -2.13. The Morgan fingerprint density at radius 3 is 2.62 bits per heavy atom. The summed E-state index contributed by atoms with van der Waals surface area (Å²) < 4.78 is 17.9. The van der Waals surface area contributed by atoms with E-state index in [1.807, 2.05) is 61.5 Å². The van der Waals surface area contributed by atoms with E-state index >= 15 is 0 Å². The highest BCUT2D eigenvalue weighted by Crippen LogP contribution is 2.31. The lowest BCUT2D eigenvalue weighted by atomic mass is 10.1. The number of halogens is 1. The first-order valence-corrected chi connectivity index (χ1v) is 11.1. The molecule has 1 aliphatic heterocycles. The number of aryl methyl sites for hydroxylation is 1. The first-order chi connectivity index (χ1) is 15.5. The Bertz CT molecular complexity index is 1220. The van der Waals surface area contributed by atoms with Gasteiger partial charge in [-0.2, -0.15) is 0 Å². The predicted octanol–water partition coefficient (Wildman–Crippen LogP) is 6.08. The minimum Gasteiger partial charge on any atom is -0.490 e. The molecule has 3 aromatic rings. The van der Waals surface area contributed by atoms with E-state index in [9.17, 15) is 4.79 Å². The lowest BCUT2D eigenvalue weighted by Crippen LogP contribution is -2.05. The molecule has 162 valence electrons. The van der Waals surface area contributed by atoms with Gasteiger partial charge >= 0.3 is 5.97 Å². The Hall–Kier alpha value is -3.38. The van der Waals surface area contributed by atoms with Crippen LogP contribution in [-0.2, 0) is 16.1 Å². The molecule has 0 amide bonds. The van der Waals surface area contributed by atoms with Crippen LogP contribution in [-0.4, -0.2) is 18.5 Å². The van der Waals surface area contributed by atoms with Gasteiger partial charge in [-0.15, -0.1) is 0 Å². The number of carbonyl (C=O) groups is 1. The first-order valence-electron chi connectivity index (χ1n) is 10.3. The molecule has 0 aromatic heterocycles. The van der Waals surface area contributed by atoms with Crippen LogP contribution in [0.5, 0.6) is 11.5 Å². The average Bonchev–Trinajstić information content (AvgIpc) is 3.13. The van der Waals surface area contributed by atoms with Crippen LogP contribution in [0.4, 0.5) is 0 Å². The van der Waals surface area contributed by atoms with E-state index < -0.39 is 5.97 Å². The number of benzene rings is 3. The van der Waals surface area contributed by atoms with Gasteiger partial charge in [0.1, 0.15) is 6.61 Å². The zero-order valence-corrected chi connectivity index (χ0v) is 19.4. The normalized spacial score (nSPS) is 14.3. The average molecular weight is 492 g/mol. The highest BCUT2D eigenvalue weighted by Gasteiger charge is 2.25. The number of hydrogen-bond donors (Lipinski definition) is 0. The molecule has 1 heterocycles. The van der Waals surface area contributed by atoms with Crippen LogP contribution in [0.2, 0.25) is 0 Å². The topological polar surface area (TPSA) is 57.1 Å². The molecule has 0 unspecified atom stereocenters. The molecule has 0 fully saturated rings. The largest absolute Gasteiger partial charge is 0.490 e. The van der Waals surface area contributed by atoms with Crippen LogP contribution in [0.25, 0.3) is 6.08 Å². The number of esters is 1. The molecule has 0 atom stereocenters. The molecule has 0 radical (unpaired) electrons. The van der Waals surface area contributed by atoms with Crippen molar-refractivity contribution < 1.29 is 19.0 Å². The van der Waals surface area contributed by atoms with Gasteiger partial charge in [-0.3, -0.25) is 0 Å². The van der Waals surface area contributed by atoms with E-state index in [0.29, 0.717) is 24.7 Å². The number of carbonyl (C=O) groups excluding carboxylic acids is 1. The quantitative estimate of drug-likeness (QED) is 0.296. The second-order valence-electron chi connectivity index (χ2n) is 7.23. The van der Waals surface area contributed by atoms with Crippen molar-refractivity contribution in [3.63, 3.8) is 0 Å². The van der Waals surface area contributed by atoms with Gasteiger partial charge in [0.2, 0.25) is 5.90 Å². The molecule has 6 heteroatoms. The van der Waals surface area contributed by atoms with Crippen molar-refractivity contribution in [2.24, 2.45) is 4.99 Å². The Balaban J connectivity index is 1.57. The van der Waals surface area contributed by atoms with Crippen LogP contribution in [0.1, 0.15) is 29.2 Å². The fourth-order valence-corrected chi connectivity index (χ4v) is 3.74. The fraction of sp³-hybridized carbons (Fsp3) is 0.154. The molecule has 4 rings (SSSR count). The second kappa shape index (κ2) is 9.83. The van der Waals surface area contributed by atoms with E-state index in [1.54, 1.807) is 6.08 Å². The third kappa shape index (κ3) is 5.08. The Morgan fingerprint density at radius 1 is 1.00 bits per heavy atom. The summed E-state index contributed by atoms with van der Waals surface area (Å²) in [6, 6.07) is 21.2. The van der Waals surface area contributed by atoms with Crippen molar-refractivity contribution in [3.8, 4) is 11.5 Å². The van der Waals surface area contributed by atoms with Crippen LogP contribution in [0.15, 0.2) is 81.9 Å². The Morgan fingerprint density at radius 2 is 1.84 bits per heavy atom. The molecule has 0 saturated carbocycles. The molecular formula is C26H22BrNO4. The molecule has 0 spiro atoms. The van der Waals surface area contributed by atoms with Crippen molar-refractivity contribution in [3.05, 3.63) is 99.2 Å². The second-order valence-corrected chi connectivity index (χ2v) is 8.09. The zero-order chi connectivity index (χ0) is 22.5. The smallest absolute Gasteiger partial charge is 0.363 e. The maximum atomic E-state index is 12.4. The van der Waals surface area contributed by atoms with E-state index in [1.165, 1.54) is 5.56 Å². The van der Waals surface area contributed by atoms with Crippen LogP contribution < -0.4 is 9.47 Å². The zero-order valence-electron chi connectivity index (χ0n) is 17.8. The fourth-order valence-electron chi connectivity index (χ4n) is 3.28. The van der Waals surface area contributed by atoms with Gasteiger partial charge in [0.05, 0.1) is 12.2 Å². The van der Waals surface area contributed by atoms with Gasteiger partial charge in [-0.1, -0.05) is 48.0 Å². The Kier molecular flexibility index (Phi) is 6.71. The summed E-state index contributed by atoms with van der Waals surface area (Å²) in [6.07, 6.45) is 1.68.